The van der Waals surface area contributed by atoms with Crippen molar-refractivity contribution in [3.05, 3.63) is 28.0 Å². The van der Waals surface area contributed by atoms with Gasteiger partial charge in [0.05, 0.1) is 16.0 Å². The second-order valence-electron chi connectivity index (χ2n) is 4.31. The molecule has 1 aromatic rings. The molecule has 2 heterocycles. The van der Waals surface area contributed by atoms with E-state index >= 15 is 0 Å². The Morgan fingerprint density at radius 2 is 2.16 bits per heavy atom. The maximum atomic E-state index is 11.9. The predicted molar refractivity (Wildman–Crippen MR) is 73.4 cm³/mol. The minimum absolute atomic E-state index is 0.00422. The molecule has 0 saturated carbocycles. The van der Waals surface area contributed by atoms with Crippen LogP contribution in [0.2, 0.25) is 10.2 Å². The van der Waals surface area contributed by atoms with Crippen LogP contribution in [-0.4, -0.2) is 36.9 Å². The van der Waals surface area contributed by atoms with Crippen molar-refractivity contribution in [3.8, 4) is 0 Å². The number of pyridine rings is 1. The number of carbonyl (C=O) groups excluding carboxylic acids is 1. The number of nitrogens with one attached hydrogen (secondary N) is 1. The number of halogens is 2. The van der Waals surface area contributed by atoms with Crippen LogP contribution in [0.5, 0.6) is 0 Å². The van der Waals surface area contributed by atoms with Gasteiger partial charge in [0, 0.05) is 6.54 Å². The summed E-state index contributed by atoms with van der Waals surface area (Å²) in [5.41, 5.74) is 0.00422. The van der Waals surface area contributed by atoms with Crippen LogP contribution in [0.3, 0.4) is 0 Å². The zero-order valence-electron chi connectivity index (χ0n) is 9.90. The van der Waals surface area contributed by atoms with Gasteiger partial charge < -0.3 is 5.32 Å². The normalized spacial score (nSPS) is 21.3. The second kappa shape index (κ2) is 5.64. The standard InChI is InChI=1S/C11H12Cl2N2O3S/c12-8-3-4-9(13)15-10(8)11(16)14-6-7-2-1-5-19(7,17)18/h3-4,7H,1-2,5-6H2,(H,14,16). The van der Waals surface area contributed by atoms with E-state index in [4.69, 9.17) is 23.2 Å². The van der Waals surface area contributed by atoms with Gasteiger partial charge in [0.25, 0.3) is 5.91 Å². The van der Waals surface area contributed by atoms with Gasteiger partial charge in [-0.25, -0.2) is 13.4 Å². The summed E-state index contributed by atoms with van der Waals surface area (Å²) in [4.78, 5) is 15.7. The van der Waals surface area contributed by atoms with E-state index in [1.54, 1.807) is 0 Å². The fraction of sp³-hybridized carbons (Fsp3) is 0.455. The first-order valence-electron chi connectivity index (χ1n) is 5.72. The molecule has 0 radical (unpaired) electrons. The minimum atomic E-state index is -3.08. The summed E-state index contributed by atoms with van der Waals surface area (Å²) < 4.78 is 23.2. The van der Waals surface area contributed by atoms with Gasteiger partial charge >= 0.3 is 0 Å². The van der Waals surface area contributed by atoms with Crippen LogP contribution in [0.15, 0.2) is 12.1 Å². The summed E-state index contributed by atoms with van der Waals surface area (Å²) in [7, 11) is -3.08. The molecule has 1 unspecified atom stereocenters. The van der Waals surface area contributed by atoms with Crippen molar-refractivity contribution in [1.29, 1.82) is 0 Å². The first kappa shape index (κ1) is 14.6. The van der Waals surface area contributed by atoms with E-state index in [-0.39, 0.29) is 28.2 Å². The van der Waals surface area contributed by atoms with E-state index in [0.717, 1.165) is 0 Å². The van der Waals surface area contributed by atoms with Crippen molar-refractivity contribution >= 4 is 38.9 Å². The molecule has 1 saturated heterocycles. The maximum absolute atomic E-state index is 11.9. The van der Waals surface area contributed by atoms with Crippen LogP contribution in [-0.2, 0) is 9.84 Å². The molecule has 5 nitrogen and oxygen atoms in total. The lowest BCUT2D eigenvalue weighted by molar-refractivity contribution is 0.0949. The molecule has 0 aliphatic carbocycles. The molecule has 0 bridgehead atoms. The molecule has 2 rings (SSSR count). The van der Waals surface area contributed by atoms with Crippen molar-refractivity contribution in [2.75, 3.05) is 12.3 Å². The lowest BCUT2D eigenvalue weighted by Gasteiger charge is -2.11. The summed E-state index contributed by atoms with van der Waals surface area (Å²) in [5.74, 6) is -0.335. The molecule has 8 heteroatoms. The number of hydrogen-bond donors (Lipinski definition) is 1. The topological polar surface area (TPSA) is 76.1 Å². The number of sulfone groups is 1. The molecule has 1 N–H and O–H groups in total. The second-order valence-corrected chi connectivity index (χ2v) is 7.50. The van der Waals surface area contributed by atoms with E-state index in [2.05, 4.69) is 10.3 Å². The Morgan fingerprint density at radius 3 is 2.79 bits per heavy atom. The van der Waals surface area contributed by atoms with Crippen molar-refractivity contribution in [2.24, 2.45) is 0 Å². The zero-order valence-corrected chi connectivity index (χ0v) is 12.2. The molecule has 1 atom stereocenters. The molecule has 0 spiro atoms. The third kappa shape index (κ3) is 3.38. The van der Waals surface area contributed by atoms with Gasteiger partial charge in [-0.05, 0) is 25.0 Å². The Hall–Kier alpha value is -0.850. The van der Waals surface area contributed by atoms with Crippen LogP contribution in [0.1, 0.15) is 23.3 Å². The molecule has 1 aliphatic rings. The van der Waals surface area contributed by atoms with Crippen LogP contribution < -0.4 is 5.32 Å². The average molecular weight is 323 g/mol. The van der Waals surface area contributed by atoms with Gasteiger partial charge in [-0.15, -0.1) is 0 Å². The van der Waals surface area contributed by atoms with Crippen molar-refractivity contribution in [3.63, 3.8) is 0 Å². The smallest absolute Gasteiger partial charge is 0.271 e. The van der Waals surface area contributed by atoms with Crippen molar-refractivity contribution in [2.45, 2.75) is 18.1 Å². The lowest BCUT2D eigenvalue weighted by Crippen LogP contribution is -2.35. The number of rotatable bonds is 3. The number of aromatic nitrogens is 1. The monoisotopic (exact) mass is 322 g/mol. The molecule has 1 fully saturated rings. The summed E-state index contributed by atoms with van der Waals surface area (Å²) in [6, 6.07) is 2.94. The molecular weight excluding hydrogens is 311 g/mol. The van der Waals surface area contributed by atoms with Crippen LogP contribution >= 0.6 is 23.2 Å². The van der Waals surface area contributed by atoms with Gasteiger partial charge in [-0.1, -0.05) is 23.2 Å². The van der Waals surface area contributed by atoms with Gasteiger partial charge in [-0.2, -0.15) is 0 Å². The van der Waals surface area contributed by atoms with Gasteiger partial charge in [-0.3, -0.25) is 4.79 Å². The zero-order chi connectivity index (χ0) is 14.0. The Morgan fingerprint density at radius 1 is 1.42 bits per heavy atom. The van der Waals surface area contributed by atoms with Crippen LogP contribution in [0.4, 0.5) is 0 Å². The number of hydrogen-bond acceptors (Lipinski definition) is 4. The number of carbonyl (C=O) groups is 1. The molecule has 1 amide bonds. The van der Waals surface area contributed by atoms with Crippen molar-refractivity contribution < 1.29 is 13.2 Å². The summed E-state index contributed by atoms with van der Waals surface area (Å²) >= 11 is 11.5. The molecule has 1 aliphatic heterocycles. The largest absolute Gasteiger partial charge is 0.349 e. The Bertz CT molecular complexity index is 604. The first-order chi connectivity index (χ1) is 8.90. The summed E-state index contributed by atoms with van der Waals surface area (Å²) in [5, 5.41) is 2.35. The van der Waals surface area contributed by atoms with E-state index in [0.29, 0.717) is 12.8 Å². The summed E-state index contributed by atoms with van der Waals surface area (Å²) in [6.07, 6.45) is 1.21. The molecule has 104 valence electrons. The average Bonchev–Trinajstić information content (AvgIpc) is 2.68. The Balaban J connectivity index is 2.04. The van der Waals surface area contributed by atoms with Crippen molar-refractivity contribution in [1.82, 2.24) is 10.3 Å². The van der Waals surface area contributed by atoms with E-state index in [1.807, 2.05) is 0 Å². The predicted octanol–water partition coefficient (Wildman–Crippen LogP) is 1.70. The minimum Gasteiger partial charge on any atom is -0.349 e. The highest BCUT2D eigenvalue weighted by Gasteiger charge is 2.31. The third-order valence-electron chi connectivity index (χ3n) is 2.98. The lowest BCUT2D eigenvalue weighted by atomic mass is 10.2. The molecule has 19 heavy (non-hydrogen) atoms. The van der Waals surface area contributed by atoms with Crippen LogP contribution in [0, 0.1) is 0 Å². The van der Waals surface area contributed by atoms with E-state index < -0.39 is 21.0 Å². The van der Waals surface area contributed by atoms with Gasteiger partial charge in [0.15, 0.2) is 9.84 Å². The maximum Gasteiger partial charge on any atom is 0.271 e. The number of amides is 1. The third-order valence-corrected chi connectivity index (χ3v) is 5.77. The van der Waals surface area contributed by atoms with E-state index in [9.17, 15) is 13.2 Å². The Kier molecular flexibility index (Phi) is 4.32. The Labute approximate surface area is 121 Å². The fourth-order valence-electron chi connectivity index (χ4n) is 1.96. The molecule has 1 aromatic heterocycles. The molecule has 0 aromatic carbocycles. The van der Waals surface area contributed by atoms with Gasteiger partial charge in [0.1, 0.15) is 10.8 Å². The summed E-state index contributed by atoms with van der Waals surface area (Å²) in [6.45, 7) is 0.0751. The molecular formula is C11H12Cl2N2O3S. The highest BCUT2D eigenvalue weighted by molar-refractivity contribution is 7.92. The van der Waals surface area contributed by atoms with E-state index in [1.165, 1.54) is 12.1 Å². The quantitative estimate of drug-likeness (QED) is 0.859. The highest BCUT2D eigenvalue weighted by atomic mass is 35.5. The van der Waals surface area contributed by atoms with Gasteiger partial charge in [0.2, 0.25) is 0 Å². The highest BCUT2D eigenvalue weighted by Crippen LogP contribution is 2.20. The van der Waals surface area contributed by atoms with Crippen LogP contribution in [0.25, 0.3) is 0 Å². The SMILES string of the molecule is O=C(NCC1CCCS1(=O)=O)c1nc(Cl)ccc1Cl. The fourth-order valence-corrected chi connectivity index (χ4v) is 4.06. The first-order valence-corrected chi connectivity index (χ1v) is 8.19. The number of nitrogens with zero attached hydrogens (tertiary/aromatic N) is 1.